The molecule has 2 N–H and O–H groups in total. The van der Waals surface area contributed by atoms with E-state index >= 15 is 0 Å². The number of nitrogens with zero attached hydrogens (tertiary/aromatic N) is 3. The fourth-order valence-electron chi connectivity index (χ4n) is 10.6. The van der Waals surface area contributed by atoms with Gasteiger partial charge in [-0.25, -0.2) is 0 Å². The number of benzene rings is 6. The van der Waals surface area contributed by atoms with Gasteiger partial charge in [0.1, 0.15) is 6.61 Å². The molecule has 0 aromatic heterocycles. The number of carbonyl (C=O) groups excluding carboxylic acids is 2. The molecule has 72 heavy (non-hydrogen) atoms. The van der Waals surface area contributed by atoms with E-state index in [1.807, 2.05) is 60.7 Å². The molecule has 0 saturated carbocycles. The van der Waals surface area contributed by atoms with Gasteiger partial charge in [0.2, 0.25) is 5.69 Å². The molecule has 0 saturated heterocycles. The van der Waals surface area contributed by atoms with Crippen molar-refractivity contribution in [2.75, 3.05) is 36.1 Å². The number of rotatable bonds is 14. The lowest BCUT2D eigenvalue weighted by Crippen LogP contribution is -2.29. The molecular formula is C57H56N3O10S2+. The van der Waals surface area contributed by atoms with Crippen molar-refractivity contribution in [2.24, 2.45) is 0 Å². The standard InChI is InChI=1S/C57H55N3O10S2/c1-37(61)69-33-31-58-51(56(3,4)49-27-19-41-35-45(71(63,64)65)23-25-47(41)54(49)58)29-21-39-17-18-40(53(39)60(43-13-9-7-10-14-43)44-15-11-8-12-16-44)22-30-52-57(5,6)50-28-20-42-36-46(72(66,67)68)24-26-48(42)55(50)59(52)32-34-70-38(2)62/h7-16,19-30,35-36H,17-18,31-34H2,1-6H3,(H-,63,64,65,66,67,68)/p+1. The molecule has 6 aromatic rings. The van der Waals surface area contributed by atoms with Gasteiger partial charge in [-0.05, 0) is 115 Å². The molecule has 6 aromatic carbocycles. The van der Waals surface area contributed by atoms with E-state index in [-0.39, 0.29) is 23.0 Å². The minimum absolute atomic E-state index is 0.104. The largest absolute Gasteiger partial charge is 0.464 e. The Bertz CT molecular complexity index is 3560. The van der Waals surface area contributed by atoms with Crippen molar-refractivity contribution in [1.82, 2.24) is 0 Å². The Hall–Kier alpha value is -7.17. The maximum atomic E-state index is 12.2. The summed E-state index contributed by atoms with van der Waals surface area (Å²) in [6.07, 6.45) is 10.0. The van der Waals surface area contributed by atoms with Crippen LogP contribution >= 0.6 is 0 Å². The number of allylic oxidation sites excluding steroid dienone is 7. The first kappa shape index (κ1) is 49.8. The van der Waals surface area contributed by atoms with E-state index in [0.29, 0.717) is 36.7 Å². The van der Waals surface area contributed by atoms with Gasteiger partial charge in [-0.2, -0.15) is 21.4 Å². The van der Waals surface area contributed by atoms with Crippen molar-refractivity contribution >= 4 is 82.2 Å². The third-order valence-corrected chi connectivity index (χ3v) is 15.6. The highest BCUT2D eigenvalue weighted by atomic mass is 32.2. The van der Waals surface area contributed by atoms with E-state index in [1.54, 1.807) is 12.1 Å². The topological polar surface area (TPSA) is 171 Å². The number of para-hydroxylation sites is 2. The summed E-state index contributed by atoms with van der Waals surface area (Å²) in [5.41, 5.74) is 9.53. The zero-order valence-corrected chi connectivity index (χ0v) is 42.6. The van der Waals surface area contributed by atoms with Crippen LogP contribution in [0.2, 0.25) is 0 Å². The molecule has 0 atom stereocenters. The van der Waals surface area contributed by atoms with Gasteiger partial charge >= 0.3 is 11.9 Å². The number of hydrogen-bond donors (Lipinski definition) is 2. The molecule has 3 aliphatic rings. The second kappa shape index (κ2) is 19.1. The lowest BCUT2D eigenvalue weighted by molar-refractivity contribution is -0.439. The smallest absolute Gasteiger partial charge is 0.302 e. The highest BCUT2D eigenvalue weighted by molar-refractivity contribution is 7.86. The molecule has 2 heterocycles. The second-order valence-electron chi connectivity index (χ2n) is 19.2. The molecule has 9 rings (SSSR count). The Balaban J connectivity index is 1.23. The number of hydrogen-bond acceptors (Lipinski definition) is 10. The van der Waals surface area contributed by atoms with E-state index in [0.717, 1.165) is 72.9 Å². The van der Waals surface area contributed by atoms with Gasteiger partial charge in [0.15, 0.2) is 18.9 Å². The van der Waals surface area contributed by atoms with Crippen LogP contribution in [-0.4, -0.2) is 74.5 Å². The molecule has 0 bridgehead atoms. The molecule has 0 radical (unpaired) electrons. The predicted octanol–water partition coefficient (Wildman–Crippen LogP) is 11.0. The Morgan fingerprint density at radius 2 is 1.22 bits per heavy atom. The summed E-state index contributed by atoms with van der Waals surface area (Å²) < 4.78 is 81.7. The second-order valence-corrected chi connectivity index (χ2v) is 22.1. The highest BCUT2D eigenvalue weighted by Crippen LogP contribution is 2.52. The quantitative estimate of drug-likeness (QED) is 0.0602. The van der Waals surface area contributed by atoms with Gasteiger partial charge in [0.05, 0.1) is 38.5 Å². The van der Waals surface area contributed by atoms with Crippen molar-refractivity contribution < 1.29 is 49.6 Å². The SMILES string of the molecule is CC(=O)OCCN1C(=CC=C2CCC(C=CC3=[N+](CCOC(C)=O)c4c(ccc5cc(S(=O)(=O)O)ccc45)C3(C)C)=C2N(c2ccccc2)c2ccccc2)C(C)(C)c2ccc3cc(S(=O)(=O)O)ccc3c21. The fourth-order valence-corrected chi connectivity index (χ4v) is 11.6. The normalized spacial score (nSPS) is 17.4. The van der Waals surface area contributed by atoms with Crippen LogP contribution in [0.25, 0.3) is 21.5 Å². The number of carbonyl (C=O) groups is 2. The average molecular weight is 1010 g/mol. The molecule has 370 valence electrons. The summed E-state index contributed by atoms with van der Waals surface area (Å²) in [7, 11) is -8.90. The summed E-state index contributed by atoms with van der Waals surface area (Å²) in [5, 5.41) is 2.83. The number of fused-ring (bicyclic) bond motifs is 6. The Kier molecular flexibility index (Phi) is 13.2. The monoisotopic (exact) mass is 1010 g/mol. The molecule has 13 nitrogen and oxygen atoms in total. The van der Waals surface area contributed by atoms with Gasteiger partial charge < -0.3 is 19.3 Å². The molecule has 0 unspecified atom stereocenters. The van der Waals surface area contributed by atoms with Crippen LogP contribution < -0.4 is 9.80 Å². The Labute approximate surface area is 420 Å². The van der Waals surface area contributed by atoms with E-state index < -0.39 is 43.0 Å². The Morgan fingerprint density at radius 1 is 0.667 bits per heavy atom. The van der Waals surface area contributed by atoms with Crippen LogP contribution in [0, 0.1) is 0 Å². The lowest BCUT2D eigenvalue weighted by Gasteiger charge is -2.29. The Morgan fingerprint density at radius 3 is 1.81 bits per heavy atom. The molecule has 0 amide bonds. The van der Waals surface area contributed by atoms with E-state index in [4.69, 9.17) is 9.47 Å². The van der Waals surface area contributed by atoms with Crippen LogP contribution in [0.3, 0.4) is 0 Å². The number of anilines is 3. The average Bonchev–Trinajstić information content (AvgIpc) is 3.90. The van der Waals surface area contributed by atoms with Crippen LogP contribution in [-0.2, 0) is 50.1 Å². The van der Waals surface area contributed by atoms with Crippen LogP contribution in [0.4, 0.5) is 22.7 Å². The maximum absolute atomic E-state index is 12.2. The van der Waals surface area contributed by atoms with E-state index in [2.05, 4.69) is 90.6 Å². The lowest BCUT2D eigenvalue weighted by atomic mass is 9.80. The highest BCUT2D eigenvalue weighted by Gasteiger charge is 2.46. The molecule has 15 heteroatoms. The minimum Gasteiger partial charge on any atom is -0.464 e. The summed E-state index contributed by atoms with van der Waals surface area (Å²) in [4.78, 5) is 28.2. The van der Waals surface area contributed by atoms with E-state index in [9.17, 15) is 35.5 Å². The van der Waals surface area contributed by atoms with Crippen molar-refractivity contribution in [2.45, 2.75) is 75.0 Å². The predicted molar refractivity (Wildman–Crippen MR) is 281 cm³/mol. The third kappa shape index (κ3) is 9.40. The van der Waals surface area contributed by atoms with Gasteiger partial charge in [-0.3, -0.25) is 18.7 Å². The fraction of sp³-hybridized carbons (Fsp3) is 0.246. The van der Waals surface area contributed by atoms with Crippen molar-refractivity contribution in [1.29, 1.82) is 0 Å². The zero-order chi connectivity index (χ0) is 51.3. The van der Waals surface area contributed by atoms with Gasteiger partial charge in [-0.15, -0.1) is 0 Å². The van der Waals surface area contributed by atoms with Gasteiger partial charge in [-0.1, -0.05) is 92.7 Å². The van der Waals surface area contributed by atoms with Crippen LogP contribution in [0.15, 0.2) is 178 Å². The number of ether oxygens (including phenoxy) is 2. The minimum atomic E-state index is -4.45. The van der Waals surface area contributed by atoms with Crippen molar-refractivity contribution in [3.8, 4) is 0 Å². The van der Waals surface area contributed by atoms with Crippen molar-refractivity contribution in [3.05, 3.63) is 179 Å². The zero-order valence-electron chi connectivity index (χ0n) is 40.9. The first-order valence-corrected chi connectivity index (χ1v) is 26.6. The first-order chi connectivity index (χ1) is 34.2. The van der Waals surface area contributed by atoms with Gasteiger partial charge in [0, 0.05) is 53.4 Å². The van der Waals surface area contributed by atoms with Crippen LogP contribution in [0.5, 0.6) is 0 Å². The molecule has 0 spiro atoms. The third-order valence-electron chi connectivity index (χ3n) is 13.9. The van der Waals surface area contributed by atoms with E-state index in [1.165, 1.54) is 38.1 Å². The maximum Gasteiger partial charge on any atom is 0.302 e. The molecule has 2 aliphatic heterocycles. The molecule has 1 aliphatic carbocycles. The summed E-state index contributed by atoms with van der Waals surface area (Å²) in [6, 6.07) is 37.3. The number of esters is 2. The molecular weight excluding hydrogens is 951 g/mol. The van der Waals surface area contributed by atoms with Crippen molar-refractivity contribution in [3.63, 3.8) is 0 Å². The van der Waals surface area contributed by atoms with Gasteiger partial charge in [0.25, 0.3) is 20.2 Å². The summed E-state index contributed by atoms with van der Waals surface area (Å²) in [6.45, 7) is 12.2. The first-order valence-electron chi connectivity index (χ1n) is 23.7. The summed E-state index contributed by atoms with van der Waals surface area (Å²) in [5.74, 6) is -0.808. The van der Waals surface area contributed by atoms with Crippen LogP contribution in [0.1, 0.15) is 65.5 Å². The summed E-state index contributed by atoms with van der Waals surface area (Å²) >= 11 is 0. The molecule has 0 fully saturated rings.